The number of hydrogen-bond donors (Lipinski definition) is 2. The summed E-state index contributed by atoms with van der Waals surface area (Å²) in [7, 11) is 0. The second kappa shape index (κ2) is 5.94. The Bertz CT molecular complexity index is 987. The van der Waals surface area contributed by atoms with E-state index in [0.29, 0.717) is 23.4 Å². The highest BCUT2D eigenvalue weighted by molar-refractivity contribution is 6.03. The van der Waals surface area contributed by atoms with E-state index in [-0.39, 0.29) is 5.56 Å². The lowest BCUT2D eigenvalue weighted by molar-refractivity contribution is 0.427. The van der Waals surface area contributed by atoms with Gasteiger partial charge in [0.2, 0.25) is 11.9 Å². The van der Waals surface area contributed by atoms with Gasteiger partial charge in [0.15, 0.2) is 6.17 Å². The molecule has 1 aliphatic heterocycles. The summed E-state index contributed by atoms with van der Waals surface area (Å²) >= 11 is 0. The van der Waals surface area contributed by atoms with Crippen molar-refractivity contribution in [1.82, 2.24) is 9.55 Å². The van der Waals surface area contributed by atoms with Gasteiger partial charge in [-0.3, -0.25) is 10.1 Å². The molecule has 4 rings (SSSR count). The van der Waals surface area contributed by atoms with Gasteiger partial charge in [-0.05, 0) is 38.1 Å². The molecule has 126 valence electrons. The molecule has 0 saturated carbocycles. The quantitative estimate of drug-likeness (QED) is 0.752. The molecule has 2 N–H and O–H groups in total. The predicted octanol–water partition coefficient (Wildman–Crippen LogP) is 2.89. The molecule has 7 nitrogen and oxygen atoms in total. The number of aryl methyl sites for hydroxylation is 2. The maximum absolute atomic E-state index is 12.4. The number of anilines is 2. The number of fused-ring (bicyclic) bond motifs is 1. The fraction of sp³-hybridized carbons (Fsp3) is 0.167. The smallest absolute Gasteiger partial charge is 0.257 e. The Balaban J connectivity index is 1.76. The first-order valence-corrected chi connectivity index (χ1v) is 7.92. The van der Waals surface area contributed by atoms with Crippen LogP contribution in [0, 0.1) is 13.8 Å². The average molecular weight is 335 g/mol. The normalized spacial score (nSPS) is 15.9. The van der Waals surface area contributed by atoms with Gasteiger partial charge in [0.1, 0.15) is 5.76 Å². The largest absolute Gasteiger partial charge is 0.465 e. The SMILES string of the molecule is Cc1ccc(NC2=N[C@H](c3ccco3)n3c(nc(C)cc3=O)N2)cc1. The van der Waals surface area contributed by atoms with Crippen molar-refractivity contribution in [2.45, 2.75) is 20.0 Å². The molecule has 0 spiro atoms. The molecule has 0 radical (unpaired) electrons. The second-order valence-corrected chi connectivity index (χ2v) is 5.91. The number of aliphatic imine (C=N–C) groups is 1. The van der Waals surface area contributed by atoms with Crippen LogP contribution in [-0.4, -0.2) is 15.5 Å². The molecule has 0 amide bonds. The Kier molecular flexibility index (Phi) is 3.61. The number of benzene rings is 1. The molecule has 0 fully saturated rings. The number of nitrogens with one attached hydrogen (secondary N) is 2. The monoisotopic (exact) mass is 335 g/mol. The van der Waals surface area contributed by atoms with E-state index in [2.05, 4.69) is 20.6 Å². The van der Waals surface area contributed by atoms with Crippen molar-refractivity contribution in [3.63, 3.8) is 0 Å². The van der Waals surface area contributed by atoms with Crippen molar-refractivity contribution in [2.75, 3.05) is 10.6 Å². The Hall–Kier alpha value is -3.35. The van der Waals surface area contributed by atoms with Gasteiger partial charge in [-0.1, -0.05) is 17.7 Å². The van der Waals surface area contributed by atoms with Crippen LogP contribution in [0.3, 0.4) is 0 Å². The summed E-state index contributed by atoms with van der Waals surface area (Å²) in [5.74, 6) is 1.50. The summed E-state index contributed by atoms with van der Waals surface area (Å²) in [4.78, 5) is 21.5. The van der Waals surface area contributed by atoms with Gasteiger partial charge >= 0.3 is 0 Å². The predicted molar refractivity (Wildman–Crippen MR) is 95.9 cm³/mol. The fourth-order valence-corrected chi connectivity index (χ4v) is 2.71. The minimum Gasteiger partial charge on any atom is -0.465 e. The molecule has 2 aromatic heterocycles. The third-order valence-electron chi connectivity index (χ3n) is 3.92. The molecule has 1 atom stereocenters. The number of rotatable bonds is 2. The van der Waals surface area contributed by atoms with Crippen molar-refractivity contribution >= 4 is 17.6 Å². The van der Waals surface area contributed by atoms with Crippen LogP contribution in [0.1, 0.15) is 23.2 Å². The summed E-state index contributed by atoms with van der Waals surface area (Å²) in [6, 6.07) is 13.0. The van der Waals surface area contributed by atoms with E-state index in [0.717, 1.165) is 5.69 Å². The highest BCUT2D eigenvalue weighted by Crippen LogP contribution is 2.26. The van der Waals surface area contributed by atoms with E-state index >= 15 is 0 Å². The van der Waals surface area contributed by atoms with Crippen molar-refractivity contribution in [3.8, 4) is 0 Å². The molecule has 1 aliphatic rings. The van der Waals surface area contributed by atoms with Gasteiger partial charge < -0.3 is 9.73 Å². The number of furan rings is 1. The van der Waals surface area contributed by atoms with E-state index in [4.69, 9.17) is 4.42 Å². The topological polar surface area (TPSA) is 84.5 Å². The van der Waals surface area contributed by atoms with Crippen LogP contribution in [-0.2, 0) is 0 Å². The first-order chi connectivity index (χ1) is 12.1. The minimum atomic E-state index is -0.611. The lowest BCUT2D eigenvalue weighted by Crippen LogP contribution is -2.37. The molecule has 25 heavy (non-hydrogen) atoms. The first-order valence-electron chi connectivity index (χ1n) is 7.92. The van der Waals surface area contributed by atoms with Crippen LogP contribution in [0.25, 0.3) is 0 Å². The summed E-state index contributed by atoms with van der Waals surface area (Å²) in [6.45, 7) is 3.81. The number of guanidine groups is 1. The molecule has 0 aliphatic carbocycles. The lowest BCUT2D eigenvalue weighted by atomic mass is 10.2. The minimum absolute atomic E-state index is 0.186. The van der Waals surface area contributed by atoms with Gasteiger partial charge in [-0.15, -0.1) is 0 Å². The second-order valence-electron chi connectivity index (χ2n) is 5.91. The highest BCUT2D eigenvalue weighted by atomic mass is 16.3. The molecule has 7 heteroatoms. The van der Waals surface area contributed by atoms with Crippen LogP contribution in [0.5, 0.6) is 0 Å². The zero-order chi connectivity index (χ0) is 17.4. The molecule has 0 unspecified atom stereocenters. The molecule has 0 bridgehead atoms. The first kappa shape index (κ1) is 15.2. The maximum atomic E-state index is 12.4. The molecule has 1 aromatic carbocycles. The molecule has 3 heterocycles. The van der Waals surface area contributed by atoms with Gasteiger partial charge in [-0.2, -0.15) is 0 Å². The Morgan fingerprint density at radius 3 is 2.72 bits per heavy atom. The van der Waals surface area contributed by atoms with Crippen LogP contribution in [0.15, 0.2) is 62.9 Å². The van der Waals surface area contributed by atoms with E-state index < -0.39 is 6.17 Å². The van der Waals surface area contributed by atoms with Crippen molar-refractivity contribution < 1.29 is 4.42 Å². The Morgan fingerprint density at radius 1 is 1.20 bits per heavy atom. The van der Waals surface area contributed by atoms with E-state index in [9.17, 15) is 4.79 Å². The maximum Gasteiger partial charge on any atom is 0.257 e. The zero-order valence-corrected chi connectivity index (χ0v) is 13.9. The summed E-state index contributed by atoms with van der Waals surface area (Å²) < 4.78 is 6.96. The average Bonchev–Trinajstić information content (AvgIpc) is 3.10. The fourth-order valence-electron chi connectivity index (χ4n) is 2.71. The Labute approximate surface area is 144 Å². The number of nitrogens with zero attached hydrogens (tertiary/aromatic N) is 3. The van der Waals surface area contributed by atoms with Crippen molar-refractivity contribution in [2.24, 2.45) is 4.99 Å². The lowest BCUT2D eigenvalue weighted by Gasteiger charge is -2.25. The van der Waals surface area contributed by atoms with Crippen LogP contribution in [0.2, 0.25) is 0 Å². The summed E-state index contributed by atoms with van der Waals surface area (Å²) in [6.07, 6.45) is 0.950. The van der Waals surface area contributed by atoms with Crippen molar-refractivity contribution in [3.05, 3.63) is 76.1 Å². The number of hydrogen-bond acceptors (Lipinski definition) is 6. The molecule has 0 saturated heterocycles. The Morgan fingerprint density at radius 2 is 2.00 bits per heavy atom. The molecular weight excluding hydrogens is 318 g/mol. The van der Waals surface area contributed by atoms with Crippen LogP contribution >= 0.6 is 0 Å². The third kappa shape index (κ3) is 2.91. The van der Waals surface area contributed by atoms with E-state index in [1.54, 1.807) is 25.3 Å². The molecule has 3 aromatic rings. The van der Waals surface area contributed by atoms with Gasteiger partial charge in [0.05, 0.1) is 6.26 Å². The zero-order valence-electron chi connectivity index (χ0n) is 13.9. The summed E-state index contributed by atoms with van der Waals surface area (Å²) in [5.41, 5.74) is 2.51. The van der Waals surface area contributed by atoms with Crippen molar-refractivity contribution in [1.29, 1.82) is 0 Å². The van der Waals surface area contributed by atoms with E-state index in [1.807, 2.05) is 31.2 Å². The van der Waals surface area contributed by atoms with Gasteiger partial charge in [0.25, 0.3) is 5.56 Å². The van der Waals surface area contributed by atoms with Gasteiger partial charge in [-0.25, -0.2) is 14.5 Å². The third-order valence-corrected chi connectivity index (χ3v) is 3.92. The summed E-state index contributed by atoms with van der Waals surface area (Å²) in [5, 5.41) is 6.30. The van der Waals surface area contributed by atoms with Crippen LogP contribution < -0.4 is 16.2 Å². The van der Waals surface area contributed by atoms with E-state index in [1.165, 1.54) is 16.2 Å². The highest BCUT2D eigenvalue weighted by Gasteiger charge is 2.26. The molecular formula is C18H17N5O2. The van der Waals surface area contributed by atoms with Gasteiger partial charge in [0, 0.05) is 17.4 Å². The standard InChI is InChI=1S/C18H17N5O2/c1-11-5-7-13(8-6-11)20-17-21-16(14-4-3-9-25-14)23-15(24)10-12(2)19-18(23)22-17/h3-10,16H,1-2H3,(H2,19,20,21,22)/t16-/m0/s1. The van der Waals surface area contributed by atoms with Crippen LogP contribution in [0.4, 0.5) is 11.6 Å². The number of aromatic nitrogens is 2.